The Hall–Kier alpha value is -4.24. The molecule has 3 fully saturated rings. The van der Waals surface area contributed by atoms with Gasteiger partial charge in [0.25, 0.3) is 5.91 Å². The van der Waals surface area contributed by atoms with Gasteiger partial charge in [0.15, 0.2) is 5.13 Å². The van der Waals surface area contributed by atoms with E-state index >= 15 is 0 Å². The quantitative estimate of drug-likeness (QED) is 0.364. The van der Waals surface area contributed by atoms with E-state index in [4.69, 9.17) is 9.72 Å². The summed E-state index contributed by atoms with van der Waals surface area (Å²) in [5.74, 6) is -2.52. The second-order valence-corrected chi connectivity index (χ2v) is 17.0. The molecule has 4 amide bonds. The number of amides is 4. The second kappa shape index (κ2) is 13.1. The standard InChI is InChI=1S/C35H42N6O7S2/c1-4-23-15-35(23,32(44)39-50(46,47)26-12-13-26)38-30(42)28-14-25-17-41(28)31(43)29(20(2)3)37-33-36-24(19-49-33)11-6-5-8-21-9-7-10-22-16-40(18-27(21)22)34(45)48-25/h4-5,7-10,19-20,23,25-26,28-29H,1,6,11-18H2,2-3H3,(H,36,37)(H,38,42)(H,39,44)/b8-5+/t23?,25-,28+,29+,35-/m1/s1. The molecule has 6 bridgehead atoms. The van der Waals surface area contributed by atoms with Crippen LogP contribution in [0.2, 0.25) is 0 Å². The molecule has 0 radical (unpaired) electrons. The van der Waals surface area contributed by atoms with Crippen LogP contribution in [0.25, 0.3) is 6.08 Å². The van der Waals surface area contributed by atoms with E-state index in [1.54, 1.807) is 4.90 Å². The largest absolute Gasteiger partial charge is 0.444 e. The van der Waals surface area contributed by atoms with Gasteiger partial charge < -0.3 is 20.3 Å². The normalized spacial score (nSPS) is 28.5. The van der Waals surface area contributed by atoms with Gasteiger partial charge in [-0.1, -0.05) is 50.3 Å². The molecular formula is C35H42N6O7S2. The van der Waals surface area contributed by atoms with Crippen LogP contribution in [0.3, 0.4) is 0 Å². The highest BCUT2D eigenvalue weighted by Crippen LogP contribution is 2.45. The molecule has 0 spiro atoms. The molecule has 2 saturated carbocycles. The van der Waals surface area contributed by atoms with Crippen LogP contribution in [-0.4, -0.2) is 82.5 Å². The van der Waals surface area contributed by atoms with Crippen molar-refractivity contribution in [3.63, 3.8) is 0 Å². The molecule has 7 rings (SSSR count). The third-order valence-corrected chi connectivity index (χ3v) is 12.9. The molecule has 1 unspecified atom stereocenters. The van der Waals surface area contributed by atoms with Crippen LogP contribution in [0.15, 0.2) is 42.3 Å². The first-order chi connectivity index (χ1) is 23.9. The first-order valence-electron chi connectivity index (χ1n) is 17.1. The number of allylic oxidation sites excluding steroid dienone is 1. The fraction of sp³-hybridized carbons (Fsp3) is 0.514. The number of carbonyl (C=O) groups excluding carboxylic acids is 4. The molecular weight excluding hydrogens is 681 g/mol. The molecule has 1 aromatic heterocycles. The Labute approximate surface area is 295 Å². The molecule has 2 aliphatic carbocycles. The van der Waals surface area contributed by atoms with Crippen molar-refractivity contribution in [2.45, 2.75) is 94.4 Å². The highest BCUT2D eigenvalue weighted by Gasteiger charge is 2.62. The van der Waals surface area contributed by atoms with E-state index in [0.717, 1.165) is 28.8 Å². The van der Waals surface area contributed by atoms with E-state index in [-0.39, 0.29) is 31.2 Å². The van der Waals surface area contributed by atoms with Crippen molar-refractivity contribution in [3.8, 4) is 0 Å². The summed E-state index contributed by atoms with van der Waals surface area (Å²) >= 11 is 1.40. The Morgan fingerprint density at radius 2 is 2.02 bits per heavy atom. The van der Waals surface area contributed by atoms with Gasteiger partial charge in [0.1, 0.15) is 23.7 Å². The molecule has 15 heteroatoms. The van der Waals surface area contributed by atoms with Gasteiger partial charge >= 0.3 is 6.09 Å². The second-order valence-electron chi connectivity index (χ2n) is 14.2. The number of rotatable bonds is 7. The van der Waals surface area contributed by atoms with Crippen LogP contribution in [0.1, 0.15) is 68.3 Å². The Bertz CT molecular complexity index is 1870. The lowest BCUT2D eigenvalue weighted by Crippen LogP contribution is -2.58. The predicted octanol–water partition coefficient (Wildman–Crippen LogP) is 3.33. The summed E-state index contributed by atoms with van der Waals surface area (Å²) < 4.78 is 33.4. The summed E-state index contributed by atoms with van der Waals surface area (Å²) in [5, 5.41) is 8.01. The van der Waals surface area contributed by atoms with E-state index in [9.17, 15) is 27.6 Å². The molecule has 5 atom stereocenters. The Balaban J connectivity index is 1.17. The van der Waals surface area contributed by atoms with Gasteiger partial charge in [0.2, 0.25) is 21.8 Å². The summed E-state index contributed by atoms with van der Waals surface area (Å²) in [6.07, 6.45) is 6.93. The highest BCUT2D eigenvalue weighted by molar-refractivity contribution is 7.91. The third kappa shape index (κ3) is 6.64. The zero-order valence-corrected chi connectivity index (χ0v) is 29.7. The number of sulfonamides is 1. The van der Waals surface area contributed by atoms with Crippen molar-refractivity contribution in [3.05, 3.63) is 64.7 Å². The van der Waals surface area contributed by atoms with Crippen molar-refractivity contribution in [1.82, 2.24) is 24.8 Å². The van der Waals surface area contributed by atoms with Crippen molar-refractivity contribution in [2.75, 3.05) is 11.9 Å². The van der Waals surface area contributed by atoms with E-state index in [1.807, 2.05) is 37.4 Å². The number of aryl methyl sites for hydroxylation is 1. The summed E-state index contributed by atoms with van der Waals surface area (Å²) in [7, 11) is -3.87. The molecule has 5 aliphatic rings. The van der Waals surface area contributed by atoms with E-state index in [1.165, 1.54) is 22.3 Å². The Morgan fingerprint density at radius 3 is 2.74 bits per heavy atom. The van der Waals surface area contributed by atoms with Crippen LogP contribution in [0, 0.1) is 11.8 Å². The average molecular weight is 723 g/mol. The maximum atomic E-state index is 14.4. The highest BCUT2D eigenvalue weighted by atomic mass is 32.2. The third-order valence-electron chi connectivity index (χ3n) is 10.3. The van der Waals surface area contributed by atoms with E-state index in [0.29, 0.717) is 37.5 Å². The molecule has 1 saturated heterocycles. The van der Waals surface area contributed by atoms with Crippen LogP contribution in [0.4, 0.5) is 9.93 Å². The molecule has 1 aromatic carbocycles. The smallest absolute Gasteiger partial charge is 0.410 e. The van der Waals surface area contributed by atoms with Crippen LogP contribution in [0.5, 0.6) is 0 Å². The average Bonchev–Trinajstić information content (AvgIpc) is 3.89. The lowest BCUT2D eigenvalue weighted by atomic mass is 10.0. The first-order valence-corrected chi connectivity index (χ1v) is 19.6. The maximum Gasteiger partial charge on any atom is 0.410 e. The lowest BCUT2D eigenvalue weighted by molar-refractivity contribution is -0.140. The number of carbonyl (C=O) groups is 4. The van der Waals surface area contributed by atoms with Gasteiger partial charge in [-0.15, -0.1) is 17.9 Å². The van der Waals surface area contributed by atoms with E-state index in [2.05, 4.69) is 34.1 Å². The van der Waals surface area contributed by atoms with Crippen LogP contribution in [-0.2, 0) is 48.7 Å². The van der Waals surface area contributed by atoms with Gasteiger partial charge in [-0.2, -0.15) is 0 Å². The minimum absolute atomic E-state index is 0.00112. The number of hydrogen-bond acceptors (Lipinski definition) is 10. The Kier molecular flexibility index (Phi) is 8.99. The van der Waals surface area contributed by atoms with Crippen LogP contribution < -0.4 is 15.4 Å². The van der Waals surface area contributed by atoms with Gasteiger partial charge in [-0.25, -0.2) is 18.2 Å². The molecule has 4 heterocycles. The lowest BCUT2D eigenvalue weighted by Gasteiger charge is -2.31. The zero-order valence-electron chi connectivity index (χ0n) is 28.1. The van der Waals surface area contributed by atoms with Gasteiger partial charge in [-0.3, -0.25) is 24.0 Å². The Morgan fingerprint density at radius 1 is 1.22 bits per heavy atom. The first kappa shape index (κ1) is 34.2. The number of thiazole rings is 1. The number of anilines is 1. The maximum absolute atomic E-state index is 14.4. The summed E-state index contributed by atoms with van der Waals surface area (Å²) in [6, 6.07) is 4.14. The number of hydrogen-bond donors (Lipinski definition) is 3. The topological polar surface area (TPSA) is 167 Å². The number of ether oxygens (including phenoxy) is 1. The minimum atomic E-state index is -3.87. The van der Waals surface area contributed by atoms with Gasteiger partial charge in [-0.05, 0) is 54.7 Å². The fourth-order valence-electron chi connectivity index (χ4n) is 7.10. The molecule has 3 N–H and O–H groups in total. The van der Waals surface area contributed by atoms with Crippen molar-refractivity contribution in [2.24, 2.45) is 11.8 Å². The van der Waals surface area contributed by atoms with Gasteiger partial charge in [0, 0.05) is 24.3 Å². The number of aromatic nitrogens is 1. The molecule has 50 heavy (non-hydrogen) atoms. The molecule has 3 aliphatic heterocycles. The molecule has 13 nitrogen and oxygen atoms in total. The number of benzene rings is 1. The molecule has 2 aromatic rings. The number of fused-ring (bicyclic) bond motifs is 5. The van der Waals surface area contributed by atoms with Crippen molar-refractivity contribution >= 4 is 56.4 Å². The van der Waals surface area contributed by atoms with Crippen molar-refractivity contribution in [1.29, 1.82) is 0 Å². The monoisotopic (exact) mass is 722 g/mol. The van der Waals surface area contributed by atoms with Crippen molar-refractivity contribution < 1.29 is 32.3 Å². The summed E-state index contributed by atoms with van der Waals surface area (Å²) in [6.45, 7) is 8.26. The SMILES string of the molecule is C=CC1C[C@]1(NC(=O)[C@@H]1C[C@@H]2CN1C(=O)[C@H](C(C)C)Nc1nc(cs1)CC/C=C/c1cccc3c1CN(C3)C(=O)O2)C(=O)NS(=O)(=O)C1CC1. The fourth-order valence-corrected chi connectivity index (χ4v) is 9.25. The van der Waals surface area contributed by atoms with E-state index < -0.39 is 62.8 Å². The summed E-state index contributed by atoms with van der Waals surface area (Å²) in [5.41, 5.74) is 2.49. The van der Waals surface area contributed by atoms with Gasteiger partial charge in [0.05, 0.1) is 24.0 Å². The summed E-state index contributed by atoms with van der Waals surface area (Å²) in [4.78, 5) is 63.2. The van der Waals surface area contributed by atoms with Crippen LogP contribution >= 0.6 is 11.3 Å². The molecule has 266 valence electrons. The number of nitrogens with zero attached hydrogens (tertiary/aromatic N) is 3. The zero-order chi connectivity index (χ0) is 35.4. The minimum Gasteiger partial charge on any atom is -0.444 e. The number of nitrogens with one attached hydrogen (secondary N) is 3. The predicted molar refractivity (Wildman–Crippen MR) is 187 cm³/mol.